The number of nitrogens with zero attached hydrogens (tertiary/aromatic N) is 5. The largest absolute Gasteiger partial charge is 0.480 e. The van der Waals surface area contributed by atoms with Crippen LogP contribution < -0.4 is 21.3 Å². The first-order valence-electron chi connectivity index (χ1n) is 17.4. The van der Waals surface area contributed by atoms with Crippen LogP contribution in [0.5, 0.6) is 0 Å². The molecule has 4 atom stereocenters. The van der Waals surface area contributed by atoms with Crippen molar-refractivity contribution in [2.24, 2.45) is 4.99 Å². The Morgan fingerprint density at radius 1 is 1.06 bits per heavy atom. The van der Waals surface area contributed by atoms with Gasteiger partial charge in [-0.25, -0.2) is 19.3 Å². The van der Waals surface area contributed by atoms with Crippen molar-refractivity contribution in [2.75, 3.05) is 56.3 Å². The molecule has 0 aliphatic carbocycles. The number of thioether (sulfide) groups is 2. The zero-order valence-electron chi connectivity index (χ0n) is 28.6. The molecule has 2 saturated heterocycles. The highest BCUT2D eigenvalue weighted by Gasteiger charge is 2.42. The number of aromatic nitrogens is 4. The number of benzene rings is 1. The molecule has 0 saturated carbocycles. The number of unbranched alkanes of at least 4 members (excludes halogenated alkanes) is 1. The molecular formula is C33H43N9O7S3. The van der Waals surface area contributed by atoms with Crippen molar-refractivity contribution in [1.29, 1.82) is 0 Å². The molecule has 16 nitrogen and oxygen atoms in total. The third kappa shape index (κ3) is 10.9. The quantitative estimate of drug-likeness (QED) is 0.0734. The number of carboxylic acids is 1. The highest BCUT2D eigenvalue weighted by Crippen LogP contribution is 2.33. The average molecular weight is 774 g/mol. The summed E-state index contributed by atoms with van der Waals surface area (Å²) in [6, 6.07) is 5.32. The summed E-state index contributed by atoms with van der Waals surface area (Å²) in [5.41, 5.74) is 2.34. The topological polar surface area (TPSA) is 211 Å². The Kier molecular flexibility index (Phi) is 13.7. The maximum Gasteiger partial charge on any atom is 0.329 e. The van der Waals surface area contributed by atoms with E-state index in [4.69, 9.17) is 9.47 Å². The predicted octanol–water partition coefficient (Wildman–Crippen LogP) is 2.32. The number of ketones is 1. The van der Waals surface area contributed by atoms with Crippen LogP contribution in [0.2, 0.25) is 0 Å². The number of rotatable bonds is 22. The van der Waals surface area contributed by atoms with Crippen molar-refractivity contribution >= 4 is 79.5 Å². The fourth-order valence-corrected chi connectivity index (χ4v) is 9.61. The smallest absolute Gasteiger partial charge is 0.329 e. The number of amides is 3. The molecule has 3 aromatic rings. The summed E-state index contributed by atoms with van der Waals surface area (Å²) in [5, 5.41) is 31.3. The minimum Gasteiger partial charge on any atom is -0.480 e. The number of carboxylic acid groups (broad SMARTS) is 1. The van der Waals surface area contributed by atoms with Gasteiger partial charge in [-0.1, -0.05) is 11.6 Å². The van der Waals surface area contributed by atoms with E-state index < -0.39 is 12.0 Å². The van der Waals surface area contributed by atoms with Crippen molar-refractivity contribution in [3.8, 4) is 0 Å². The summed E-state index contributed by atoms with van der Waals surface area (Å²) in [6.45, 7) is 2.86. The number of Topliss-reactive ketones (excluding diaryl/α,β-unsaturated/α-hetero) is 1. The summed E-state index contributed by atoms with van der Waals surface area (Å²) < 4.78 is 13.8. The molecule has 5 heterocycles. The summed E-state index contributed by atoms with van der Waals surface area (Å²) >= 11 is 4.75. The minimum atomic E-state index is -0.930. The number of fused-ring (bicyclic) bond motifs is 2. The molecule has 19 heteroatoms. The lowest BCUT2D eigenvalue weighted by Gasteiger charge is -2.16. The van der Waals surface area contributed by atoms with Crippen molar-refractivity contribution in [3.05, 3.63) is 35.1 Å². The molecule has 3 unspecified atom stereocenters. The third-order valence-corrected chi connectivity index (χ3v) is 12.4. The van der Waals surface area contributed by atoms with E-state index in [0.717, 1.165) is 46.6 Å². The third-order valence-electron chi connectivity index (χ3n) is 8.73. The number of urea groups is 1. The van der Waals surface area contributed by atoms with Gasteiger partial charge in [0, 0.05) is 54.4 Å². The Balaban J connectivity index is 0.760. The van der Waals surface area contributed by atoms with Crippen LogP contribution in [0, 0.1) is 0 Å². The van der Waals surface area contributed by atoms with Gasteiger partial charge in [0.15, 0.2) is 11.8 Å². The molecule has 52 heavy (non-hydrogen) atoms. The van der Waals surface area contributed by atoms with E-state index >= 15 is 0 Å². The molecule has 6 rings (SSSR count). The van der Waals surface area contributed by atoms with Crippen LogP contribution in [0.25, 0.3) is 10.2 Å². The van der Waals surface area contributed by atoms with Crippen LogP contribution in [0.1, 0.15) is 42.8 Å². The van der Waals surface area contributed by atoms with E-state index in [1.807, 2.05) is 36.2 Å². The van der Waals surface area contributed by atoms with Crippen molar-refractivity contribution in [3.63, 3.8) is 0 Å². The summed E-state index contributed by atoms with van der Waals surface area (Å²) in [7, 11) is 0. The van der Waals surface area contributed by atoms with Gasteiger partial charge in [0.2, 0.25) is 5.91 Å². The van der Waals surface area contributed by atoms with Gasteiger partial charge in [-0.05, 0) is 31.0 Å². The molecule has 0 bridgehead atoms. The van der Waals surface area contributed by atoms with Gasteiger partial charge in [-0.2, -0.15) is 11.8 Å². The van der Waals surface area contributed by atoms with E-state index in [-0.39, 0.29) is 36.3 Å². The van der Waals surface area contributed by atoms with Gasteiger partial charge in [0.05, 0.1) is 67.5 Å². The number of hydrogen-bond acceptors (Lipinski definition) is 14. The summed E-state index contributed by atoms with van der Waals surface area (Å²) in [4.78, 5) is 56.2. The van der Waals surface area contributed by atoms with Crippen LogP contribution in [0.15, 0.2) is 29.4 Å². The number of ether oxygens (including phenoxy) is 2. The minimum absolute atomic E-state index is 0.0245. The Hall–Kier alpha value is -3.78. The molecule has 3 amide bonds. The van der Waals surface area contributed by atoms with Gasteiger partial charge < -0.3 is 35.8 Å². The van der Waals surface area contributed by atoms with Gasteiger partial charge >= 0.3 is 12.0 Å². The van der Waals surface area contributed by atoms with Gasteiger partial charge in [-0.3, -0.25) is 14.6 Å². The molecule has 280 valence electrons. The first-order chi connectivity index (χ1) is 25.3. The summed E-state index contributed by atoms with van der Waals surface area (Å²) in [6.07, 6.45) is 5.90. The highest BCUT2D eigenvalue weighted by molar-refractivity contribution is 8.15. The molecule has 1 aromatic carbocycles. The van der Waals surface area contributed by atoms with Crippen LogP contribution in [-0.2, 0) is 36.8 Å². The lowest BCUT2D eigenvalue weighted by molar-refractivity contribution is -0.137. The monoisotopic (exact) mass is 773 g/mol. The van der Waals surface area contributed by atoms with Gasteiger partial charge in [0.1, 0.15) is 10.1 Å². The zero-order valence-corrected chi connectivity index (χ0v) is 31.0. The van der Waals surface area contributed by atoms with Gasteiger partial charge in [-0.15, -0.1) is 28.2 Å². The molecular weight excluding hydrogens is 731 g/mol. The Morgan fingerprint density at radius 3 is 2.77 bits per heavy atom. The molecule has 3 aliphatic heterocycles. The van der Waals surface area contributed by atoms with Gasteiger partial charge in [0.25, 0.3) is 0 Å². The lowest BCUT2D eigenvalue weighted by Crippen LogP contribution is -2.36. The predicted molar refractivity (Wildman–Crippen MR) is 200 cm³/mol. The molecule has 0 spiro atoms. The Labute approximate surface area is 313 Å². The van der Waals surface area contributed by atoms with E-state index in [2.05, 4.69) is 41.6 Å². The van der Waals surface area contributed by atoms with E-state index in [1.165, 1.54) is 23.1 Å². The number of thiazole rings is 1. The van der Waals surface area contributed by atoms with Crippen LogP contribution in [-0.4, -0.2) is 128 Å². The number of hydrogen-bond donors (Lipinski definition) is 5. The van der Waals surface area contributed by atoms with E-state index in [0.29, 0.717) is 79.8 Å². The van der Waals surface area contributed by atoms with Crippen LogP contribution in [0.4, 0.5) is 10.5 Å². The zero-order chi connectivity index (χ0) is 36.3. The number of carbonyl (C=O) groups excluding carboxylic acids is 3. The molecule has 3 aliphatic rings. The van der Waals surface area contributed by atoms with Crippen molar-refractivity contribution in [1.82, 2.24) is 35.9 Å². The number of anilines is 1. The number of carbonyl (C=O) groups is 4. The van der Waals surface area contributed by atoms with Crippen molar-refractivity contribution < 1.29 is 33.8 Å². The maximum atomic E-state index is 12.6. The molecule has 0 radical (unpaired) electrons. The van der Waals surface area contributed by atoms with Crippen LogP contribution >= 0.6 is 34.9 Å². The first-order valence-corrected chi connectivity index (χ1v) is 20.3. The van der Waals surface area contributed by atoms with Crippen molar-refractivity contribution in [2.45, 2.75) is 68.4 Å². The second-order valence-corrected chi connectivity index (χ2v) is 15.9. The number of aliphatic carboxylic acids is 1. The highest BCUT2D eigenvalue weighted by atomic mass is 32.2. The lowest BCUT2D eigenvalue weighted by atomic mass is 10.0. The first kappa shape index (κ1) is 38.0. The van der Waals surface area contributed by atoms with Crippen LogP contribution in [0.3, 0.4) is 0 Å². The Morgan fingerprint density at radius 2 is 1.92 bits per heavy atom. The Bertz CT molecular complexity index is 1750. The number of aryl methyl sites for hydroxylation is 1. The maximum absolute atomic E-state index is 12.6. The number of aliphatic imine (C=N–C) groups is 1. The SMILES string of the molecule is O=C(CCc1cn(CCOCCOCCNC(=O)CCCC[C@@H]2SCC3NC(=O)NC32)nn1)CNc1ccc2nc(C3=NC(C(=O)O)CS3)sc2c1. The summed E-state index contributed by atoms with van der Waals surface area (Å²) in [5.74, 6) is 0.501. The molecule has 2 aromatic heterocycles. The second kappa shape index (κ2) is 18.8. The number of nitrogens with one attached hydrogen (secondary N) is 4. The van der Waals surface area contributed by atoms with E-state index in [1.54, 1.807) is 4.68 Å². The molecule has 5 N–H and O–H groups in total. The van der Waals surface area contributed by atoms with E-state index in [9.17, 15) is 24.3 Å². The second-order valence-electron chi connectivity index (χ2n) is 12.6. The fraction of sp³-hybridized carbons (Fsp3) is 0.576. The fourth-order valence-electron chi connectivity index (χ4n) is 5.97. The average Bonchev–Trinajstić information content (AvgIpc) is 3.97. The molecule has 2 fully saturated rings. The standard InChI is InChI=1S/C33H43N9O7S3/c43-22(16-35-20-6-8-23-27(15-20)52-31(36-23)30-37-25(19-51-30)32(45)46)7-5-21-17-42(41-40-21)10-12-49-14-13-48-11-9-34-28(44)4-2-1-3-26-29-24(18-50-26)38-33(47)39-29/h6,8,15,17,24-26,29,35H,1-5,7,9-14,16,18-19H2,(H,34,44)(H,45,46)(H2,38,39,47)/t24?,25?,26-,29?/m0/s1. The normalized spacial score (nSPS) is 20.8.